The monoisotopic (exact) mass is 360 g/mol. The second-order valence-corrected chi connectivity index (χ2v) is 11.5. The molecule has 0 spiro atoms. The molecule has 0 heterocycles. The average molecular weight is 361 g/mol. The van der Waals surface area contributed by atoms with E-state index in [1.807, 2.05) is 13.8 Å². The third-order valence-electron chi connectivity index (χ3n) is 9.92. The molecule has 0 radical (unpaired) electrons. The lowest BCUT2D eigenvalue weighted by atomic mass is 9.44. The summed E-state index contributed by atoms with van der Waals surface area (Å²) in [6.45, 7) is 11.3. The van der Waals surface area contributed by atoms with Crippen molar-refractivity contribution in [1.29, 1.82) is 0 Å². The molecule has 148 valence electrons. The van der Waals surface area contributed by atoms with Crippen LogP contribution in [0.1, 0.15) is 86.0 Å². The van der Waals surface area contributed by atoms with Crippen molar-refractivity contribution >= 4 is 5.78 Å². The van der Waals surface area contributed by atoms with Gasteiger partial charge in [-0.25, -0.2) is 0 Å². The van der Waals surface area contributed by atoms with Gasteiger partial charge in [0.1, 0.15) is 5.78 Å². The number of ketones is 1. The SMILES string of the molecule is CC(=O)[C@H]1CC[C@H]2[C@@H]3CC(C)(C)[C@H]4CCC(C(C)O)C[C@@H]4[C@H]3CC[C@]12C. The van der Waals surface area contributed by atoms with Crippen molar-refractivity contribution in [3.05, 3.63) is 0 Å². The Morgan fingerprint density at radius 1 is 0.962 bits per heavy atom. The Labute approximate surface area is 160 Å². The summed E-state index contributed by atoms with van der Waals surface area (Å²) in [5.74, 6) is 5.31. The first kappa shape index (κ1) is 19.0. The van der Waals surface area contributed by atoms with Gasteiger partial charge in [-0.1, -0.05) is 20.8 Å². The highest BCUT2D eigenvalue weighted by atomic mass is 16.3. The van der Waals surface area contributed by atoms with Crippen LogP contribution in [0.25, 0.3) is 0 Å². The molecule has 26 heavy (non-hydrogen) atoms. The summed E-state index contributed by atoms with van der Waals surface area (Å²) >= 11 is 0. The number of hydrogen-bond donors (Lipinski definition) is 1. The lowest BCUT2D eigenvalue weighted by Crippen LogP contribution is -2.54. The van der Waals surface area contributed by atoms with Crippen molar-refractivity contribution in [2.75, 3.05) is 0 Å². The second kappa shape index (κ2) is 6.33. The molecule has 4 aliphatic carbocycles. The Bertz CT molecular complexity index is 565. The summed E-state index contributed by atoms with van der Waals surface area (Å²) in [5, 5.41) is 10.2. The van der Waals surface area contributed by atoms with E-state index in [1.165, 1.54) is 44.9 Å². The van der Waals surface area contributed by atoms with Gasteiger partial charge < -0.3 is 5.11 Å². The van der Waals surface area contributed by atoms with Crippen LogP contribution in [0.3, 0.4) is 0 Å². The molecule has 0 aromatic heterocycles. The van der Waals surface area contributed by atoms with Gasteiger partial charge >= 0.3 is 0 Å². The Morgan fingerprint density at radius 3 is 2.31 bits per heavy atom. The number of carbonyl (C=O) groups is 1. The Morgan fingerprint density at radius 2 is 1.65 bits per heavy atom. The Balaban J connectivity index is 1.63. The lowest BCUT2D eigenvalue weighted by Gasteiger charge is -2.61. The van der Waals surface area contributed by atoms with Crippen LogP contribution in [-0.2, 0) is 4.79 Å². The van der Waals surface area contributed by atoms with E-state index in [0.717, 1.165) is 36.0 Å². The van der Waals surface area contributed by atoms with Gasteiger partial charge in [-0.2, -0.15) is 0 Å². The summed E-state index contributed by atoms with van der Waals surface area (Å²) in [5.41, 5.74) is 0.677. The topological polar surface area (TPSA) is 37.3 Å². The van der Waals surface area contributed by atoms with Crippen LogP contribution in [0, 0.1) is 52.3 Å². The van der Waals surface area contributed by atoms with Crippen molar-refractivity contribution < 1.29 is 9.90 Å². The molecule has 2 unspecified atom stereocenters. The van der Waals surface area contributed by atoms with E-state index in [4.69, 9.17) is 0 Å². The highest BCUT2D eigenvalue weighted by Gasteiger charge is 2.60. The van der Waals surface area contributed by atoms with Crippen LogP contribution in [0.5, 0.6) is 0 Å². The van der Waals surface area contributed by atoms with Crippen LogP contribution in [-0.4, -0.2) is 17.0 Å². The van der Waals surface area contributed by atoms with E-state index in [2.05, 4.69) is 20.8 Å². The predicted octanol–water partition coefficient (Wildman–Crippen LogP) is 5.48. The van der Waals surface area contributed by atoms with Gasteiger partial charge in [0.2, 0.25) is 0 Å². The third kappa shape index (κ3) is 2.73. The van der Waals surface area contributed by atoms with Crippen LogP contribution in [0.15, 0.2) is 0 Å². The molecular formula is C24H40O2. The van der Waals surface area contributed by atoms with Crippen LogP contribution in [0.2, 0.25) is 0 Å². The minimum absolute atomic E-state index is 0.151. The smallest absolute Gasteiger partial charge is 0.133 e. The molecule has 0 bridgehead atoms. The molecule has 0 aromatic carbocycles. The number of hydrogen-bond acceptors (Lipinski definition) is 2. The first-order valence-corrected chi connectivity index (χ1v) is 11.3. The summed E-state index contributed by atoms with van der Waals surface area (Å²) in [6, 6.07) is 0. The minimum Gasteiger partial charge on any atom is -0.393 e. The van der Waals surface area contributed by atoms with Crippen molar-refractivity contribution in [1.82, 2.24) is 0 Å². The standard InChI is InChI=1S/C24H40O2/c1-14(25)16-6-7-21-18(12-16)17-10-11-24(5)20(15(2)26)8-9-22(24)19(17)13-23(21,3)4/h14,16-22,25H,6-13H2,1-5H3/t14?,16?,17-,18-,19-,20-,21+,22+,24-/m1/s1. The maximum atomic E-state index is 12.3. The third-order valence-corrected chi connectivity index (χ3v) is 9.92. The quantitative estimate of drug-likeness (QED) is 0.708. The second-order valence-electron chi connectivity index (χ2n) is 11.5. The van der Waals surface area contributed by atoms with Crippen LogP contribution >= 0.6 is 0 Å². The van der Waals surface area contributed by atoms with Crippen molar-refractivity contribution in [3.8, 4) is 0 Å². The summed E-state index contributed by atoms with van der Waals surface area (Å²) in [6.07, 6.45) is 9.97. The molecule has 2 heteroatoms. The Kier molecular flexibility index (Phi) is 4.61. The largest absolute Gasteiger partial charge is 0.393 e. The normalized spacial score (nSPS) is 51.1. The summed E-state index contributed by atoms with van der Waals surface area (Å²) < 4.78 is 0. The van der Waals surface area contributed by atoms with E-state index < -0.39 is 0 Å². The molecule has 4 aliphatic rings. The molecule has 4 fully saturated rings. The van der Waals surface area contributed by atoms with Gasteiger partial charge in [0.25, 0.3) is 0 Å². The number of aliphatic hydroxyl groups is 1. The van der Waals surface area contributed by atoms with Gasteiger partial charge in [0.05, 0.1) is 6.10 Å². The van der Waals surface area contributed by atoms with E-state index in [9.17, 15) is 9.90 Å². The summed E-state index contributed by atoms with van der Waals surface area (Å²) in [7, 11) is 0. The van der Waals surface area contributed by atoms with Crippen LogP contribution < -0.4 is 0 Å². The fourth-order valence-corrected chi connectivity index (χ4v) is 8.69. The molecular weight excluding hydrogens is 320 g/mol. The van der Waals surface area contributed by atoms with E-state index in [0.29, 0.717) is 23.0 Å². The van der Waals surface area contributed by atoms with Crippen molar-refractivity contribution in [2.45, 2.75) is 92.1 Å². The fourth-order valence-electron chi connectivity index (χ4n) is 8.69. The number of carbonyl (C=O) groups excluding carboxylic acids is 1. The molecule has 4 rings (SSSR count). The predicted molar refractivity (Wildman–Crippen MR) is 106 cm³/mol. The Hall–Kier alpha value is -0.370. The average Bonchev–Trinajstić information content (AvgIpc) is 2.92. The molecule has 9 atom stereocenters. The molecule has 0 saturated heterocycles. The van der Waals surface area contributed by atoms with Crippen molar-refractivity contribution in [2.24, 2.45) is 52.3 Å². The van der Waals surface area contributed by atoms with E-state index in [-0.39, 0.29) is 11.5 Å². The van der Waals surface area contributed by atoms with E-state index in [1.54, 1.807) is 0 Å². The molecule has 2 nitrogen and oxygen atoms in total. The maximum Gasteiger partial charge on any atom is 0.133 e. The fraction of sp³-hybridized carbons (Fsp3) is 0.958. The molecule has 0 aromatic rings. The molecule has 0 amide bonds. The highest BCUT2D eigenvalue weighted by Crippen LogP contribution is 2.67. The molecule has 0 aliphatic heterocycles. The van der Waals surface area contributed by atoms with Gasteiger partial charge in [-0.15, -0.1) is 0 Å². The zero-order valence-corrected chi connectivity index (χ0v) is 17.6. The zero-order chi connectivity index (χ0) is 18.9. The lowest BCUT2D eigenvalue weighted by molar-refractivity contribution is -0.137. The summed E-state index contributed by atoms with van der Waals surface area (Å²) in [4.78, 5) is 12.3. The number of fused-ring (bicyclic) bond motifs is 5. The highest BCUT2D eigenvalue weighted by molar-refractivity contribution is 5.79. The van der Waals surface area contributed by atoms with Gasteiger partial charge in [-0.3, -0.25) is 4.79 Å². The van der Waals surface area contributed by atoms with Gasteiger partial charge in [-0.05, 0) is 112 Å². The van der Waals surface area contributed by atoms with Gasteiger partial charge in [0, 0.05) is 5.92 Å². The molecule has 4 saturated carbocycles. The van der Waals surface area contributed by atoms with Gasteiger partial charge in [0.15, 0.2) is 0 Å². The number of Topliss-reactive ketones (excluding diaryl/α,β-unsaturated/α-hetero) is 1. The first-order valence-electron chi connectivity index (χ1n) is 11.3. The number of rotatable bonds is 2. The first-order chi connectivity index (χ1) is 12.1. The number of aliphatic hydroxyl groups excluding tert-OH is 1. The van der Waals surface area contributed by atoms with Crippen LogP contribution in [0.4, 0.5) is 0 Å². The van der Waals surface area contributed by atoms with E-state index >= 15 is 0 Å². The van der Waals surface area contributed by atoms with Crippen molar-refractivity contribution in [3.63, 3.8) is 0 Å². The maximum absolute atomic E-state index is 12.3. The molecule has 1 N–H and O–H groups in total. The minimum atomic E-state index is -0.151. The zero-order valence-electron chi connectivity index (χ0n) is 17.6.